The summed E-state index contributed by atoms with van der Waals surface area (Å²) in [6, 6.07) is 14.9. The normalized spacial score (nSPS) is 15.4. The van der Waals surface area contributed by atoms with Crippen molar-refractivity contribution in [1.29, 1.82) is 0 Å². The number of hydrogen-bond acceptors (Lipinski definition) is 4. The van der Waals surface area contributed by atoms with Crippen molar-refractivity contribution in [3.63, 3.8) is 0 Å². The first-order valence-electron chi connectivity index (χ1n) is 9.42. The lowest BCUT2D eigenvalue weighted by atomic mass is 9.90. The average Bonchev–Trinajstić information content (AvgIpc) is 3.20. The number of hydrogen-bond donors (Lipinski definition) is 2. The lowest BCUT2D eigenvalue weighted by Crippen LogP contribution is -2.28. The van der Waals surface area contributed by atoms with Crippen LogP contribution in [0.25, 0.3) is 22.2 Å². The Kier molecular flexibility index (Phi) is 4.77. The summed E-state index contributed by atoms with van der Waals surface area (Å²) >= 11 is 12.5. The molecule has 0 aliphatic carbocycles. The van der Waals surface area contributed by atoms with Crippen molar-refractivity contribution in [3.8, 4) is 11.1 Å². The summed E-state index contributed by atoms with van der Waals surface area (Å²) in [6.07, 6.45) is 5.06. The second-order valence-corrected chi connectivity index (χ2v) is 7.96. The molecular weight excluding hydrogens is 419 g/mol. The van der Waals surface area contributed by atoms with Crippen molar-refractivity contribution < 1.29 is 4.79 Å². The molecule has 1 unspecified atom stereocenters. The van der Waals surface area contributed by atoms with E-state index in [9.17, 15) is 4.79 Å². The first-order valence-corrected chi connectivity index (χ1v) is 10.2. The van der Waals surface area contributed by atoms with Gasteiger partial charge in [0.25, 0.3) is 0 Å². The molecule has 1 aliphatic rings. The number of rotatable bonds is 4. The Hall–Kier alpha value is -3.15. The first-order chi connectivity index (χ1) is 14.6. The predicted molar refractivity (Wildman–Crippen MR) is 120 cm³/mol. The first kappa shape index (κ1) is 18.9. The van der Waals surface area contributed by atoms with E-state index in [1.807, 2.05) is 36.5 Å². The van der Waals surface area contributed by atoms with E-state index in [1.54, 1.807) is 18.3 Å². The van der Waals surface area contributed by atoms with Gasteiger partial charge in [-0.1, -0.05) is 35.3 Å². The van der Waals surface area contributed by atoms with Crippen LogP contribution in [-0.4, -0.2) is 22.0 Å². The second-order valence-electron chi connectivity index (χ2n) is 7.12. The van der Waals surface area contributed by atoms with Gasteiger partial charge in [0.15, 0.2) is 0 Å². The molecule has 4 aromatic rings. The summed E-state index contributed by atoms with van der Waals surface area (Å²) in [6.45, 7) is 0. The molecule has 0 amide bonds. The van der Waals surface area contributed by atoms with Crippen LogP contribution < -0.4 is 5.43 Å². The molecule has 0 bridgehead atoms. The standard InChI is InChI=1S/C23H16Cl2N4O/c24-15-4-6-20(25)14(8-15)10-21-18-9-13(3-5-16(18)22(12-30)29-28-21)19-11-27-23-17(19)2-1-7-26-23/h1-9,11-12,22,29H,10H2,(H,26,27). The van der Waals surface area contributed by atoms with Gasteiger partial charge in [-0.15, -0.1) is 0 Å². The van der Waals surface area contributed by atoms with Crippen LogP contribution in [0, 0.1) is 0 Å². The highest BCUT2D eigenvalue weighted by Gasteiger charge is 2.24. The maximum Gasteiger partial charge on any atom is 0.148 e. The molecule has 0 radical (unpaired) electrons. The third-order valence-electron chi connectivity index (χ3n) is 5.30. The van der Waals surface area contributed by atoms with Crippen LogP contribution in [0.5, 0.6) is 0 Å². The van der Waals surface area contributed by atoms with Crippen LogP contribution in [0.15, 0.2) is 66.0 Å². The van der Waals surface area contributed by atoms with Gasteiger partial charge >= 0.3 is 0 Å². The number of halogens is 2. The average molecular weight is 435 g/mol. The number of benzene rings is 2. The highest BCUT2D eigenvalue weighted by Crippen LogP contribution is 2.33. The summed E-state index contributed by atoms with van der Waals surface area (Å²) in [5, 5.41) is 6.76. The van der Waals surface area contributed by atoms with Crippen molar-refractivity contribution in [1.82, 2.24) is 15.4 Å². The van der Waals surface area contributed by atoms with E-state index in [-0.39, 0.29) is 0 Å². The molecule has 2 N–H and O–H groups in total. The topological polar surface area (TPSA) is 70.1 Å². The number of aldehydes is 1. The van der Waals surface area contributed by atoms with E-state index >= 15 is 0 Å². The quantitative estimate of drug-likeness (QED) is 0.426. The van der Waals surface area contributed by atoms with Crippen LogP contribution >= 0.6 is 23.2 Å². The molecule has 2 aromatic heterocycles. The summed E-state index contributed by atoms with van der Waals surface area (Å²) in [4.78, 5) is 19.2. The lowest BCUT2D eigenvalue weighted by Gasteiger charge is -2.23. The Morgan fingerprint density at radius 3 is 2.83 bits per heavy atom. The number of nitrogens with zero attached hydrogens (tertiary/aromatic N) is 2. The maximum atomic E-state index is 11.6. The van der Waals surface area contributed by atoms with Crippen molar-refractivity contribution in [2.45, 2.75) is 12.5 Å². The van der Waals surface area contributed by atoms with E-state index in [4.69, 9.17) is 23.2 Å². The summed E-state index contributed by atoms with van der Waals surface area (Å²) in [5.41, 5.74) is 9.31. The molecular formula is C23H16Cl2N4O. The number of carbonyl (C=O) groups excluding carboxylic acids is 1. The molecule has 7 heteroatoms. The molecule has 5 rings (SSSR count). The van der Waals surface area contributed by atoms with Gasteiger partial charge in [-0.3, -0.25) is 5.43 Å². The van der Waals surface area contributed by atoms with Gasteiger partial charge < -0.3 is 9.78 Å². The van der Waals surface area contributed by atoms with Gasteiger partial charge in [-0.2, -0.15) is 5.10 Å². The second kappa shape index (κ2) is 7.59. The minimum atomic E-state index is -0.489. The Labute approximate surface area is 182 Å². The van der Waals surface area contributed by atoms with Gasteiger partial charge in [0.2, 0.25) is 0 Å². The highest BCUT2D eigenvalue weighted by molar-refractivity contribution is 6.33. The molecule has 30 heavy (non-hydrogen) atoms. The minimum absolute atomic E-state index is 0.489. The zero-order valence-electron chi connectivity index (χ0n) is 15.7. The van der Waals surface area contributed by atoms with E-state index in [2.05, 4.69) is 26.6 Å². The molecule has 1 aliphatic heterocycles. The van der Waals surface area contributed by atoms with Gasteiger partial charge in [0.1, 0.15) is 18.0 Å². The number of nitrogens with one attached hydrogen (secondary N) is 2. The van der Waals surface area contributed by atoms with Crippen molar-refractivity contribution in [2.75, 3.05) is 0 Å². The van der Waals surface area contributed by atoms with Crippen molar-refractivity contribution in [2.24, 2.45) is 5.10 Å². The monoisotopic (exact) mass is 434 g/mol. The number of aromatic amines is 1. The number of aromatic nitrogens is 2. The minimum Gasteiger partial charge on any atom is -0.346 e. The zero-order valence-corrected chi connectivity index (χ0v) is 17.2. The number of fused-ring (bicyclic) bond motifs is 2. The lowest BCUT2D eigenvalue weighted by molar-refractivity contribution is -0.109. The number of pyridine rings is 1. The van der Waals surface area contributed by atoms with E-state index in [0.717, 1.165) is 50.8 Å². The third kappa shape index (κ3) is 3.26. The Bertz CT molecular complexity index is 1310. The molecule has 0 fully saturated rings. The third-order valence-corrected chi connectivity index (χ3v) is 5.91. The summed E-state index contributed by atoms with van der Waals surface area (Å²) < 4.78 is 0. The molecule has 2 aromatic carbocycles. The Morgan fingerprint density at radius 2 is 1.97 bits per heavy atom. The fourth-order valence-electron chi connectivity index (χ4n) is 3.81. The van der Waals surface area contributed by atoms with E-state index < -0.39 is 6.04 Å². The SMILES string of the molecule is O=CC1NN=C(Cc2cc(Cl)ccc2Cl)c2cc(-c3c[nH]c4ncccc34)ccc21. The van der Waals surface area contributed by atoms with Crippen LogP contribution in [-0.2, 0) is 11.2 Å². The molecule has 5 nitrogen and oxygen atoms in total. The molecule has 0 spiro atoms. The Morgan fingerprint density at radius 1 is 1.07 bits per heavy atom. The number of H-pyrrole nitrogens is 1. The van der Waals surface area contributed by atoms with Crippen molar-refractivity contribution >= 4 is 46.2 Å². The van der Waals surface area contributed by atoms with Crippen molar-refractivity contribution in [3.05, 3.63) is 87.7 Å². The summed E-state index contributed by atoms with van der Waals surface area (Å²) in [5.74, 6) is 0. The maximum absolute atomic E-state index is 11.6. The van der Waals surface area contributed by atoms with Gasteiger partial charge in [-0.25, -0.2) is 4.98 Å². The van der Waals surface area contributed by atoms with E-state index in [0.29, 0.717) is 16.5 Å². The summed E-state index contributed by atoms with van der Waals surface area (Å²) in [7, 11) is 0. The van der Waals surface area contributed by atoms with Crippen LogP contribution in [0.4, 0.5) is 0 Å². The number of hydrazone groups is 1. The van der Waals surface area contributed by atoms with Crippen LogP contribution in [0.3, 0.4) is 0 Å². The largest absolute Gasteiger partial charge is 0.346 e. The van der Waals surface area contributed by atoms with Gasteiger partial charge in [-0.05, 0) is 53.1 Å². The molecule has 148 valence electrons. The molecule has 3 heterocycles. The molecule has 0 saturated carbocycles. The van der Waals surface area contributed by atoms with Crippen LogP contribution in [0.2, 0.25) is 10.0 Å². The van der Waals surface area contributed by atoms with Gasteiger partial charge in [0.05, 0.1) is 5.71 Å². The molecule has 0 saturated heterocycles. The Balaban J connectivity index is 1.61. The highest BCUT2D eigenvalue weighted by atomic mass is 35.5. The van der Waals surface area contributed by atoms with Crippen LogP contribution in [0.1, 0.15) is 22.7 Å². The van der Waals surface area contributed by atoms with Gasteiger partial charge in [0, 0.05) is 45.4 Å². The fourth-order valence-corrected chi connectivity index (χ4v) is 4.19. The van der Waals surface area contributed by atoms with E-state index in [1.165, 1.54) is 0 Å². The fraction of sp³-hybridized carbons (Fsp3) is 0.0870. The zero-order chi connectivity index (χ0) is 20.7. The smallest absolute Gasteiger partial charge is 0.148 e. The number of carbonyl (C=O) groups is 1. The molecule has 1 atom stereocenters. The predicted octanol–water partition coefficient (Wildman–Crippen LogP) is 5.33.